The summed E-state index contributed by atoms with van der Waals surface area (Å²) in [4.78, 5) is 15.7. The first kappa shape index (κ1) is 21.7. The summed E-state index contributed by atoms with van der Waals surface area (Å²) in [5.41, 5.74) is 1.98. The van der Waals surface area contributed by atoms with E-state index < -0.39 is 15.8 Å². The number of benzene rings is 2. The quantitative estimate of drug-likeness (QED) is 0.614. The van der Waals surface area contributed by atoms with Gasteiger partial charge >= 0.3 is 11.7 Å². The number of sulfone groups is 1. The van der Waals surface area contributed by atoms with Crippen LogP contribution in [0.15, 0.2) is 69.1 Å². The highest BCUT2D eigenvalue weighted by Gasteiger charge is 2.35. The molecule has 1 fully saturated rings. The number of carbonyl (C=O) groups excluding carboxylic acids is 1. The van der Waals surface area contributed by atoms with Gasteiger partial charge in [-0.05, 0) is 55.0 Å². The van der Waals surface area contributed by atoms with Crippen molar-refractivity contribution in [2.75, 3.05) is 30.5 Å². The van der Waals surface area contributed by atoms with Crippen molar-refractivity contribution in [2.45, 2.75) is 35.0 Å². The minimum Gasteiger partial charge on any atom is -0.381 e. The summed E-state index contributed by atoms with van der Waals surface area (Å²) >= 11 is 0. The van der Waals surface area contributed by atoms with Crippen LogP contribution in [0, 0.1) is 5.92 Å². The molecule has 0 spiro atoms. The molecule has 5 rings (SSSR count). The number of fused-ring (bicyclic) bond motifs is 2. The molecule has 8 nitrogen and oxygen atoms in total. The Morgan fingerprint density at radius 2 is 1.88 bits per heavy atom. The van der Waals surface area contributed by atoms with Crippen LogP contribution in [0.1, 0.15) is 30.7 Å². The molecule has 172 valence electrons. The van der Waals surface area contributed by atoms with Gasteiger partial charge in [-0.15, -0.1) is 0 Å². The summed E-state index contributed by atoms with van der Waals surface area (Å²) in [7, 11) is -1.79. The molecule has 3 heterocycles. The molecule has 0 radical (unpaired) electrons. The van der Waals surface area contributed by atoms with Crippen LogP contribution in [-0.2, 0) is 19.4 Å². The Balaban J connectivity index is 1.53. The molecule has 9 heteroatoms. The lowest BCUT2D eigenvalue weighted by atomic mass is 9.84. The predicted octanol–water partition coefficient (Wildman–Crippen LogP) is 3.55. The van der Waals surface area contributed by atoms with Gasteiger partial charge in [0.2, 0.25) is 9.84 Å². The first-order valence-corrected chi connectivity index (χ1v) is 12.5. The lowest BCUT2D eigenvalue weighted by Crippen LogP contribution is -2.28. The minimum absolute atomic E-state index is 0.166. The SMILES string of the molecule is CN1c2ccccc2S(=O)(=O)c2ccc(C(CC3CCOCC3)C(=O)Nc3cco[nH+]3)cc21. The number of hydrogen-bond acceptors (Lipinski definition) is 6. The van der Waals surface area contributed by atoms with Crippen LogP contribution in [0.3, 0.4) is 0 Å². The van der Waals surface area contributed by atoms with Gasteiger partial charge in [0.25, 0.3) is 0 Å². The fourth-order valence-electron chi connectivity index (χ4n) is 4.68. The summed E-state index contributed by atoms with van der Waals surface area (Å²) < 4.78 is 37.0. The third-order valence-electron chi connectivity index (χ3n) is 6.51. The highest BCUT2D eigenvalue weighted by molar-refractivity contribution is 7.92. The topological polar surface area (TPSA) is 103 Å². The van der Waals surface area contributed by atoms with Crippen LogP contribution >= 0.6 is 0 Å². The maximum absolute atomic E-state index is 13.3. The Morgan fingerprint density at radius 1 is 1.12 bits per heavy atom. The van der Waals surface area contributed by atoms with E-state index in [9.17, 15) is 13.2 Å². The van der Waals surface area contributed by atoms with Crippen molar-refractivity contribution < 1.29 is 27.6 Å². The molecule has 2 N–H and O–H groups in total. The van der Waals surface area contributed by atoms with Gasteiger partial charge in [0.15, 0.2) is 6.26 Å². The number of nitrogens with one attached hydrogen (secondary N) is 2. The Bertz CT molecular complexity index is 1270. The monoisotopic (exact) mass is 468 g/mol. The molecule has 33 heavy (non-hydrogen) atoms. The molecule has 1 atom stereocenters. The second kappa shape index (κ2) is 8.64. The van der Waals surface area contributed by atoms with Crippen LogP contribution in [0.5, 0.6) is 0 Å². The van der Waals surface area contributed by atoms with Gasteiger partial charge in [-0.2, -0.15) is 0 Å². The average Bonchev–Trinajstić information content (AvgIpc) is 3.34. The zero-order chi connectivity index (χ0) is 23.0. The summed E-state index contributed by atoms with van der Waals surface area (Å²) in [5.74, 6) is 0.209. The number of hydrogen-bond donors (Lipinski definition) is 1. The molecule has 1 aromatic heterocycles. The van der Waals surface area contributed by atoms with Gasteiger partial charge in [-0.1, -0.05) is 23.4 Å². The molecular weight excluding hydrogens is 442 g/mol. The largest absolute Gasteiger partial charge is 0.381 e. The maximum Gasteiger partial charge on any atom is 0.317 e. The van der Waals surface area contributed by atoms with Crippen molar-refractivity contribution in [2.24, 2.45) is 5.92 Å². The Hall–Kier alpha value is -3.17. The van der Waals surface area contributed by atoms with Crippen LogP contribution in [0.2, 0.25) is 0 Å². The zero-order valence-electron chi connectivity index (χ0n) is 18.3. The number of carbonyl (C=O) groups is 1. The van der Waals surface area contributed by atoms with E-state index in [-0.39, 0.29) is 10.8 Å². The number of nitrogens with zero attached hydrogens (tertiary/aromatic N) is 1. The molecule has 2 aliphatic rings. The van der Waals surface area contributed by atoms with Gasteiger partial charge in [-0.25, -0.2) is 18.5 Å². The van der Waals surface area contributed by atoms with E-state index >= 15 is 0 Å². The lowest BCUT2D eigenvalue weighted by Gasteiger charge is -2.31. The van der Waals surface area contributed by atoms with Crippen molar-refractivity contribution in [3.63, 3.8) is 0 Å². The molecule has 2 aliphatic heterocycles. The summed E-state index contributed by atoms with van der Waals surface area (Å²) in [6, 6.07) is 13.8. The van der Waals surface area contributed by atoms with E-state index in [2.05, 4.69) is 10.5 Å². The normalized spacial score (nSPS) is 18.3. The number of aromatic amines is 1. The molecular formula is C24H26N3O5S+. The van der Waals surface area contributed by atoms with Crippen molar-refractivity contribution in [3.05, 3.63) is 60.4 Å². The smallest absolute Gasteiger partial charge is 0.317 e. The van der Waals surface area contributed by atoms with Crippen LogP contribution in [0.25, 0.3) is 0 Å². The molecule has 1 saturated heterocycles. The highest BCUT2D eigenvalue weighted by atomic mass is 32.2. The van der Waals surface area contributed by atoms with Crippen LogP contribution < -0.4 is 15.4 Å². The third kappa shape index (κ3) is 4.02. The molecule has 2 aromatic carbocycles. The van der Waals surface area contributed by atoms with E-state index in [4.69, 9.17) is 9.26 Å². The van der Waals surface area contributed by atoms with Gasteiger partial charge in [0.05, 0.1) is 33.2 Å². The van der Waals surface area contributed by atoms with E-state index in [1.807, 2.05) is 24.1 Å². The van der Waals surface area contributed by atoms with Gasteiger partial charge < -0.3 is 14.2 Å². The van der Waals surface area contributed by atoms with Crippen LogP contribution in [-0.4, -0.2) is 34.6 Å². The second-order valence-electron chi connectivity index (χ2n) is 8.53. The maximum atomic E-state index is 13.3. The van der Waals surface area contributed by atoms with Crippen molar-refractivity contribution in [3.8, 4) is 0 Å². The zero-order valence-corrected chi connectivity index (χ0v) is 19.1. The van der Waals surface area contributed by atoms with E-state index in [1.54, 1.807) is 36.4 Å². The number of para-hydroxylation sites is 1. The molecule has 0 bridgehead atoms. The number of H-pyrrole nitrogens is 1. The number of aromatic nitrogens is 1. The third-order valence-corrected chi connectivity index (χ3v) is 8.36. The fraction of sp³-hybridized carbons (Fsp3) is 0.333. The van der Waals surface area contributed by atoms with Gasteiger partial charge in [0.1, 0.15) is 0 Å². The first-order chi connectivity index (χ1) is 15.9. The first-order valence-electron chi connectivity index (χ1n) is 11.0. The highest BCUT2D eigenvalue weighted by Crippen LogP contribution is 2.44. The molecule has 1 unspecified atom stereocenters. The predicted molar refractivity (Wildman–Crippen MR) is 121 cm³/mol. The number of rotatable bonds is 5. The minimum atomic E-state index is -3.64. The average molecular weight is 469 g/mol. The van der Waals surface area contributed by atoms with E-state index in [0.29, 0.717) is 47.6 Å². The van der Waals surface area contributed by atoms with E-state index in [1.165, 1.54) is 6.26 Å². The van der Waals surface area contributed by atoms with Gasteiger partial charge in [-0.3, -0.25) is 0 Å². The molecule has 1 amide bonds. The lowest BCUT2D eigenvalue weighted by molar-refractivity contribution is -0.596. The number of anilines is 3. The summed E-state index contributed by atoms with van der Waals surface area (Å²) in [5, 5.41) is 5.52. The summed E-state index contributed by atoms with van der Waals surface area (Å²) in [6.45, 7) is 1.38. The molecule has 0 aliphatic carbocycles. The Morgan fingerprint density at radius 3 is 2.64 bits per heavy atom. The Labute approximate surface area is 192 Å². The Kier molecular flexibility index (Phi) is 5.67. The van der Waals surface area contributed by atoms with Gasteiger partial charge in [0, 0.05) is 20.3 Å². The number of amides is 1. The standard InChI is InChI=1S/C24H25N3O5S/c1-27-19-4-2-3-5-21(19)33(29,30)22-7-6-17(15-20(22)27)18(14-16-8-11-31-12-9-16)24(28)25-23-10-13-32-26-23/h2-7,10,13,15-16,18H,8-9,11-12,14H2,1H3,(H,25,26,28)/p+1. The molecule has 3 aromatic rings. The van der Waals surface area contributed by atoms with E-state index in [0.717, 1.165) is 18.4 Å². The second-order valence-corrected chi connectivity index (χ2v) is 10.4. The van der Waals surface area contributed by atoms with Crippen molar-refractivity contribution in [1.29, 1.82) is 0 Å². The van der Waals surface area contributed by atoms with Crippen LogP contribution in [0.4, 0.5) is 17.2 Å². The van der Waals surface area contributed by atoms with Crippen molar-refractivity contribution in [1.82, 2.24) is 0 Å². The van der Waals surface area contributed by atoms with Crippen molar-refractivity contribution >= 4 is 32.9 Å². The molecule has 0 saturated carbocycles. The fourth-order valence-corrected chi connectivity index (χ4v) is 6.37. The summed E-state index contributed by atoms with van der Waals surface area (Å²) in [6.07, 6.45) is 3.90. The number of ether oxygens (including phenoxy) is 1.